The summed E-state index contributed by atoms with van der Waals surface area (Å²) in [4.78, 5) is 11.4. The van der Waals surface area contributed by atoms with Crippen molar-refractivity contribution in [3.8, 4) is 0 Å². The van der Waals surface area contributed by atoms with Crippen molar-refractivity contribution in [1.82, 2.24) is 4.72 Å². The number of hydrogen-bond donors (Lipinski definition) is 2. The average molecular weight is 319 g/mol. The summed E-state index contributed by atoms with van der Waals surface area (Å²) in [5.74, 6) is -1.21. The molecule has 0 saturated heterocycles. The van der Waals surface area contributed by atoms with Crippen molar-refractivity contribution in [3.05, 3.63) is 71.2 Å². The van der Waals surface area contributed by atoms with Crippen LogP contribution < -0.4 is 4.72 Å². The summed E-state index contributed by atoms with van der Waals surface area (Å²) in [6.07, 6.45) is 5.07. The average Bonchev–Trinajstić information content (AvgIpc) is 2.48. The largest absolute Gasteiger partial charge is 0.480 e. The van der Waals surface area contributed by atoms with E-state index >= 15 is 0 Å². The molecule has 22 heavy (non-hydrogen) atoms. The van der Waals surface area contributed by atoms with E-state index in [1.165, 1.54) is 12.2 Å². The van der Waals surface area contributed by atoms with Gasteiger partial charge in [-0.1, -0.05) is 54.6 Å². The smallest absolute Gasteiger partial charge is 0.322 e. The Balaban J connectivity index is 2.15. The van der Waals surface area contributed by atoms with Crippen LogP contribution in [0.3, 0.4) is 0 Å². The molecule has 2 rings (SSSR count). The SMILES string of the molecule is C=C1C=CC(S(=O)(=O)NC(Cc2ccccc2)C(=O)O)=CC1. The zero-order valence-electron chi connectivity index (χ0n) is 11.9. The van der Waals surface area contributed by atoms with Gasteiger partial charge in [-0.05, 0) is 24.5 Å². The van der Waals surface area contributed by atoms with E-state index in [-0.39, 0.29) is 11.3 Å². The molecule has 5 nitrogen and oxygen atoms in total. The second kappa shape index (κ2) is 6.72. The minimum atomic E-state index is -3.87. The third kappa shape index (κ3) is 4.16. The molecule has 0 saturated carbocycles. The van der Waals surface area contributed by atoms with Gasteiger partial charge < -0.3 is 5.11 Å². The van der Waals surface area contributed by atoms with E-state index in [0.717, 1.165) is 11.1 Å². The summed E-state index contributed by atoms with van der Waals surface area (Å²) in [5, 5.41) is 9.26. The fraction of sp³-hybridized carbons (Fsp3) is 0.188. The first-order valence-corrected chi connectivity index (χ1v) is 8.22. The molecule has 2 N–H and O–H groups in total. The standard InChI is InChI=1S/C16H17NO4S/c1-12-7-9-14(10-8-12)22(20,21)17-15(16(18)19)11-13-5-3-2-4-6-13/h2-7,9-10,15,17H,1,8,11H2,(H,18,19). The molecule has 0 spiro atoms. The van der Waals surface area contributed by atoms with Crippen LogP contribution >= 0.6 is 0 Å². The van der Waals surface area contributed by atoms with Crippen LogP contribution in [0.5, 0.6) is 0 Å². The van der Waals surface area contributed by atoms with Crippen LogP contribution in [0.25, 0.3) is 0 Å². The van der Waals surface area contributed by atoms with E-state index in [9.17, 15) is 18.3 Å². The molecule has 0 radical (unpaired) electrons. The summed E-state index contributed by atoms with van der Waals surface area (Å²) < 4.78 is 26.8. The molecule has 1 aromatic rings. The number of benzene rings is 1. The minimum Gasteiger partial charge on any atom is -0.480 e. The first kappa shape index (κ1) is 16.2. The number of nitrogens with one attached hydrogen (secondary N) is 1. The van der Waals surface area contributed by atoms with Gasteiger partial charge in [0.05, 0.1) is 4.91 Å². The fourth-order valence-electron chi connectivity index (χ4n) is 2.05. The van der Waals surface area contributed by atoms with E-state index in [1.54, 1.807) is 30.3 Å². The third-order valence-corrected chi connectivity index (χ3v) is 4.76. The maximum absolute atomic E-state index is 12.3. The van der Waals surface area contributed by atoms with Crippen LogP contribution in [0.15, 0.2) is 65.6 Å². The third-order valence-electron chi connectivity index (χ3n) is 3.24. The Morgan fingerprint density at radius 1 is 1.27 bits per heavy atom. The Morgan fingerprint density at radius 2 is 1.95 bits per heavy atom. The Hall–Kier alpha value is -2.18. The van der Waals surface area contributed by atoms with Gasteiger partial charge in [0, 0.05) is 0 Å². The van der Waals surface area contributed by atoms with Crippen LogP contribution in [0.1, 0.15) is 12.0 Å². The molecular formula is C16H17NO4S. The lowest BCUT2D eigenvalue weighted by atomic mass is 10.1. The quantitative estimate of drug-likeness (QED) is 0.840. The molecule has 0 amide bonds. The first-order chi connectivity index (χ1) is 10.4. The highest BCUT2D eigenvalue weighted by molar-refractivity contribution is 7.93. The minimum absolute atomic E-state index is 0.0687. The Morgan fingerprint density at radius 3 is 2.50 bits per heavy atom. The summed E-state index contributed by atoms with van der Waals surface area (Å²) in [6.45, 7) is 3.73. The zero-order valence-corrected chi connectivity index (χ0v) is 12.7. The van der Waals surface area contributed by atoms with Crippen LogP contribution in [0, 0.1) is 0 Å². The van der Waals surface area contributed by atoms with Gasteiger partial charge in [-0.3, -0.25) is 4.79 Å². The highest BCUT2D eigenvalue weighted by Gasteiger charge is 2.26. The topological polar surface area (TPSA) is 83.5 Å². The van der Waals surface area contributed by atoms with Crippen LogP contribution in [-0.2, 0) is 21.2 Å². The van der Waals surface area contributed by atoms with Crippen molar-refractivity contribution in [2.75, 3.05) is 0 Å². The number of sulfonamides is 1. The van der Waals surface area contributed by atoms with E-state index in [1.807, 2.05) is 6.07 Å². The number of carboxylic acids is 1. The van der Waals surface area contributed by atoms with Crippen LogP contribution in [0.4, 0.5) is 0 Å². The monoisotopic (exact) mass is 319 g/mol. The molecule has 1 aromatic carbocycles. The molecule has 0 fully saturated rings. The van der Waals surface area contributed by atoms with Crippen molar-refractivity contribution in [3.63, 3.8) is 0 Å². The number of allylic oxidation sites excluding steroid dienone is 4. The van der Waals surface area contributed by atoms with Crippen molar-refractivity contribution in [2.45, 2.75) is 18.9 Å². The van der Waals surface area contributed by atoms with Gasteiger partial charge in [0.1, 0.15) is 6.04 Å². The van der Waals surface area contributed by atoms with E-state index in [2.05, 4.69) is 11.3 Å². The molecule has 1 atom stereocenters. The van der Waals surface area contributed by atoms with E-state index in [4.69, 9.17) is 0 Å². The molecule has 116 valence electrons. The Kier molecular flexibility index (Phi) is 4.95. The van der Waals surface area contributed by atoms with Crippen molar-refractivity contribution in [2.24, 2.45) is 0 Å². The lowest BCUT2D eigenvalue weighted by Gasteiger charge is -2.16. The highest BCUT2D eigenvalue weighted by atomic mass is 32.2. The summed E-state index contributed by atoms with van der Waals surface area (Å²) in [7, 11) is -3.87. The molecule has 1 unspecified atom stereocenters. The molecule has 1 aliphatic rings. The van der Waals surface area contributed by atoms with Crippen molar-refractivity contribution >= 4 is 16.0 Å². The second-order valence-electron chi connectivity index (χ2n) is 5.00. The number of aliphatic carboxylic acids is 1. The Bertz CT molecular complexity index is 733. The number of hydrogen-bond acceptors (Lipinski definition) is 3. The van der Waals surface area contributed by atoms with Gasteiger partial charge in [-0.2, -0.15) is 4.72 Å². The molecule has 1 aliphatic carbocycles. The first-order valence-electron chi connectivity index (χ1n) is 6.73. The summed E-state index contributed by atoms with van der Waals surface area (Å²) in [6, 6.07) is 7.67. The fourth-order valence-corrected chi connectivity index (χ4v) is 3.30. The molecule has 0 aromatic heterocycles. The van der Waals surface area contributed by atoms with Crippen molar-refractivity contribution < 1.29 is 18.3 Å². The normalized spacial score (nSPS) is 16.2. The van der Waals surface area contributed by atoms with Gasteiger partial charge >= 0.3 is 5.97 Å². The molecule has 0 heterocycles. The van der Waals surface area contributed by atoms with Crippen LogP contribution in [-0.4, -0.2) is 25.5 Å². The Labute approximate surface area is 129 Å². The van der Waals surface area contributed by atoms with Crippen LogP contribution in [0.2, 0.25) is 0 Å². The number of carboxylic acid groups (broad SMARTS) is 1. The number of carbonyl (C=O) groups is 1. The predicted molar refractivity (Wildman–Crippen MR) is 84.6 cm³/mol. The molecular weight excluding hydrogens is 302 g/mol. The predicted octanol–water partition coefficient (Wildman–Crippen LogP) is 2.00. The van der Waals surface area contributed by atoms with Gasteiger partial charge in [0.2, 0.25) is 10.0 Å². The lowest BCUT2D eigenvalue weighted by Crippen LogP contribution is -2.42. The summed E-state index contributed by atoms with van der Waals surface area (Å²) in [5.41, 5.74) is 1.55. The number of rotatable bonds is 6. The maximum atomic E-state index is 12.3. The maximum Gasteiger partial charge on any atom is 0.322 e. The molecule has 6 heteroatoms. The van der Waals surface area contributed by atoms with E-state index < -0.39 is 22.0 Å². The van der Waals surface area contributed by atoms with Gasteiger partial charge in [-0.15, -0.1) is 0 Å². The van der Waals surface area contributed by atoms with Gasteiger partial charge in [0.25, 0.3) is 0 Å². The molecule has 0 bridgehead atoms. The van der Waals surface area contributed by atoms with Crippen molar-refractivity contribution in [1.29, 1.82) is 0 Å². The zero-order chi connectivity index (χ0) is 16.2. The molecule has 0 aliphatic heterocycles. The highest BCUT2D eigenvalue weighted by Crippen LogP contribution is 2.18. The summed E-state index contributed by atoms with van der Waals surface area (Å²) >= 11 is 0. The van der Waals surface area contributed by atoms with Gasteiger partial charge in [-0.25, -0.2) is 8.42 Å². The lowest BCUT2D eigenvalue weighted by molar-refractivity contribution is -0.138. The van der Waals surface area contributed by atoms with E-state index in [0.29, 0.717) is 6.42 Å². The van der Waals surface area contributed by atoms with Gasteiger partial charge in [0.15, 0.2) is 0 Å². The second-order valence-corrected chi connectivity index (χ2v) is 6.72.